The van der Waals surface area contributed by atoms with Crippen LogP contribution in [0.5, 0.6) is 5.75 Å². The molecular weight excluding hydrogens is 390 g/mol. The van der Waals surface area contributed by atoms with Crippen LogP contribution < -0.4 is 10.1 Å². The summed E-state index contributed by atoms with van der Waals surface area (Å²) >= 11 is 0. The van der Waals surface area contributed by atoms with E-state index in [1.165, 1.54) is 0 Å². The summed E-state index contributed by atoms with van der Waals surface area (Å²) in [6.45, 7) is 4.33. The van der Waals surface area contributed by atoms with Crippen molar-refractivity contribution in [2.45, 2.75) is 26.3 Å². The van der Waals surface area contributed by atoms with Gasteiger partial charge in [-0.15, -0.1) is 16.6 Å². The second-order valence-corrected chi connectivity index (χ2v) is 7.20. The third-order valence-corrected chi connectivity index (χ3v) is 5.21. The normalized spacial score (nSPS) is 14.5. The summed E-state index contributed by atoms with van der Waals surface area (Å²) in [5.41, 5.74) is 4.19. The fourth-order valence-corrected chi connectivity index (χ4v) is 3.74. The smallest absolute Gasteiger partial charge is 0.222 e. The Morgan fingerprint density at radius 3 is 2.68 bits per heavy atom. The first-order valence-corrected chi connectivity index (χ1v) is 10.1. The van der Waals surface area contributed by atoms with Crippen molar-refractivity contribution < 1.29 is 9.53 Å². The second-order valence-electron chi connectivity index (χ2n) is 7.20. The first-order chi connectivity index (χ1) is 15.0. The number of carbonyl (C=O) groups excluding carboxylic acids is 1. The molecule has 1 N–H and O–H groups in total. The number of aryl methyl sites for hydroxylation is 1. The molecule has 0 radical (unpaired) electrons. The molecule has 0 saturated carbocycles. The van der Waals surface area contributed by atoms with Crippen LogP contribution in [0.3, 0.4) is 0 Å². The first kappa shape index (κ1) is 20.4. The highest BCUT2D eigenvalue weighted by Gasteiger charge is 2.29. The topological polar surface area (TPSA) is 81.4 Å². The van der Waals surface area contributed by atoms with E-state index in [1.54, 1.807) is 7.11 Å². The largest absolute Gasteiger partial charge is 0.497 e. The minimum absolute atomic E-state index is 0.0889. The molecule has 4 rings (SSSR count). The van der Waals surface area contributed by atoms with Crippen molar-refractivity contribution in [2.24, 2.45) is 4.99 Å². The maximum absolute atomic E-state index is 12.5. The molecule has 1 atom stereocenters. The molecule has 3 aromatic rings. The lowest BCUT2D eigenvalue weighted by Crippen LogP contribution is -2.25. The van der Waals surface area contributed by atoms with Crippen LogP contribution in [0.25, 0.3) is 5.69 Å². The maximum atomic E-state index is 12.5. The number of terminal acetylenes is 1. The minimum Gasteiger partial charge on any atom is -0.497 e. The van der Waals surface area contributed by atoms with Gasteiger partial charge in [0.05, 0.1) is 24.9 Å². The average molecular weight is 413 g/mol. The highest BCUT2D eigenvalue weighted by molar-refractivity contribution is 6.15. The Bertz CT molecular complexity index is 1200. The third-order valence-electron chi connectivity index (χ3n) is 5.21. The van der Waals surface area contributed by atoms with Gasteiger partial charge >= 0.3 is 0 Å². The molecule has 156 valence electrons. The molecule has 1 aliphatic rings. The van der Waals surface area contributed by atoms with Crippen LogP contribution in [0.4, 0.5) is 0 Å². The number of benzene rings is 2. The summed E-state index contributed by atoms with van der Waals surface area (Å²) < 4.78 is 7.44. The lowest BCUT2D eigenvalue weighted by Gasteiger charge is -2.14. The number of nitrogens with zero attached hydrogens (tertiary/aromatic N) is 4. The fraction of sp³-hybridized carbons (Fsp3) is 0.250. The summed E-state index contributed by atoms with van der Waals surface area (Å²) in [7, 11) is 1.63. The lowest BCUT2D eigenvalue weighted by atomic mass is 9.99. The predicted octanol–water partition coefficient (Wildman–Crippen LogP) is 2.98. The van der Waals surface area contributed by atoms with Crippen molar-refractivity contribution in [1.29, 1.82) is 0 Å². The van der Waals surface area contributed by atoms with Gasteiger partial charge < -0.3 is 10.1 Å². The van der Waals surface area contributed by atoms with Gasteiger partial charge in [0.15, 0.2) is 5.82 Å². The van der Waals surface area contributed by atoms with Gasteiger partial charge in [0.2, 0.25) is 5.91 Å². The lowest BCUT2D eigenvalue weighted by molar-refractivity contribution is -0.121. The predicted molar refractivity (Wildman–Crippen MR) is 119 cm³/mol. The van der Waals surface area contributed by atoms with E-state index in [0.717, 1.165) is 33.9 Å². The maximum Gasteiger partial charge on any atom is 0.222 e. The number of fused-ring (bicyclic) bond motifs is 3. The van der Waals surface area contributed by atoms with Gasteiger partial charge in [-0.05, 0) is 44.2 Å². The Morgan fingerprint density at radius 1 is 1.23 bits per heavy atom. The highest BCUT2D eigenvalue weighted by Crippen LogP contribution is 2.34. The Balaban J connectivity index is 1.95. The summed E-state index contributed by atoms with van der Waals surface area (Å²) in [6, 6.07) is 13.0. The minimum atomic E-state index is -0.492. The molecule has 1 amide bonds. The summed E-state index contributed by atoms with van der Waals surface area (Å²) in [4.78, 5) is 17.5. The van der Waals surface area contributed by atoms with E-state index in [-0.39, 0.29) is 12.3 Å². The van der Waals surface area contributed by atoms with Crippen LogP contribution in [-0.4, -0.2) is 40.0 Å². The van der Waals surface area contributed by atoms with Gasteiger partial charge in [0, 0.05) is 23.2 Å². The van der Waals surface area contributed by atoms with Crippen LogP contribution in [-0.2, 0) is 4.79 Å². The Hall–Kier alpha value is -3.92. The number of ether oxygens (including phenoxy) is 1. The van der Waals surface area contributed by atoms with Gasteiger partial charge in [-0.2, -0.15) is 0 Å². The number of nitrogens with one attached hydrogen (secondary N) is 1. The fourth-order valence-electron chi connectivity index (χ4n) is 3.74. The number of hydrogen-bond donors (Lipinski definition) is 1. The van der Waals surface area contributed by atoms with Crippen LogP contribution in [0, 0.1) is 19.3 Å². The third kappa shape index (κ3) is 3.80. The summed E-state index contributed by atoms with van der Waals surface area (Å²) in [5, 5.41) is 11.5. The Kier molecular flexibility index (Phi) is 5.54. The summed E-state index contributed by atoms with van der Waals surface area (Å²) in [5.74, 6) is 4.61. The second kappa shape index (κ2) is 8.44. The zero-order valence-electron chi connectivity index (χ0n) is 17.7. The molecule has 0 aliphatic carbocycles. The van der Waals surface area contributed by atoms with E-state index < -0.39 is 6.04 Å². The van der Waals surface area contributed by atoms with Crippen molar-refractivity contribution in [1.82, 2.24) is 20.1 Å². The van der Waals surface area contributed by atoms with Crippen LogP contribution in [0.15, 0.2) is 47.5 Å². The standard InChI is InChI=1S/C24H23N5O2/c1-5-16-7-9-17(10-8-16)23-19-13-18(31-4)11-12-21(19)29-15(3)27-28-24(29)20(26-23)14-22(30)25-6-2/h1,7-13,20H,6,14H2,2-4H3,(H,25,30)/t20-/m0/s1. The number of hydrogen-bond acceptors (Lipinski definition) is 5. The molecule has 0 bridgehead atoms. The molecule has 2 heterocycles. The quantitative estimate of drug-likeness (QED) is 0.652. The highest BCUT2D eigenvalue weighted by atomic mass is 16.5. The van der Waals surface area contributed by atoms with Crippen molar-refractivity contribution >= 4 is 11.6 Å². The van der Waals surface area contributed by atoms with Gasteiger partial charge in [-0.25, -0.2) is 0 Å². The van der Waals surface area contributed by atoms with Crippen LogP contribution in [0.1, 0.15) is 47.7 Å². The Labute approximate surface area is 181 Å². The van der Waals surface area contributed by atoms with E-state index in [9.17, 15) is 4.79 Å². The Morgan fingerprint density at radius 2 is 2.00 bits per heavy atom. The van der Waals surface area contributed by atoms with Gasteiger partial charge in [-0.3, -0.25) is 14.4 Å². The van der Waals surface area contributed by atoms with E-state index in [1.807, 2.05) is 60.9 Å². The van der Waals surface area contributed by atoms with Crippen LogP contribution >= 0.6 is 0 Å². The molecule has 7 nitrogen and oxygen atoms in total. The van der Waals surface area contributed by atoms with Crippen molar-refractivity contribution in [3.63, 3.8) is 0 Å². The molecule has 7 heteroatoms. The molecule has 0 fully saturated rings. The van der Waals surface area contributed by atoms with E-state index in [2.05, 4.69) is 21.4 Å². The first-order valence-electron chi connectivity index (χ1n) is 10.1. The molecule has 31 heavy (non-hydrogen) atoms. The molecule has 0 unspecified atom stereocenters. The zero-order valence-corrected chi connectivity index (χ0v) is 17.7. The van der Waals surface area contributed by atoms with Crippen molar-refractivity contribution in [2.75, 3.05) is 13.7 Å². The van der Waals surface area contributed by atoms with E-state index >= 15 is 0 Å². The van der Waals surface area contributed by atoms with Gasteiger partial charge in [0.25, 0.3) is 0 Å². The number of carbonyl (C=O) groups is 1. The molecule has 0 spiro atoms. The number of aliphatic imine (C=N–C) groups is 1. The van der Waals surface area contributed by atoms with Gasteiger partial charge in [0.1, 0.15) is 17.6 Å². The van der Waals surface area contributed by atoms with E-state index in [4.69, 9.17) is 16.2 Å². The van der Waals surface area contributed by atoms with E-state index in [0.29, 0.717) is 18.1 Å². The van der Waals surface area contributed by atoms with Gasteiger partial charge in [-0.1, -0.05) is 18.1 Å². The van der Waals surface area contributed by atoms with Crippen molar-refractivity contribution in [3.8, 4) is 23.8 Å². The SMILES string of the molecule is C#Cc1ccc(C2=N[C@@H](CC(=O)NCC)c3nnc(C)n3-c3ccc(OC)cc32)cc1. The van der Waals surface area contributed by atoms with Crippen LogP contribution in [0.2, 0.25) is 0 Å². The molecule has 1 aliphatic heterocycles. The van der Waals surface area contributed by atoms with Crippen molar-refractivity contribution in [3.05, 3.63) is 70.8 Å². The molecular formula is C24H23N5O2. The zero-order chi connectivity index (χ0) is 22.0. The average Bonchev–Trinajstić information content (AvgIpc) is 3.11. The number of rotatable bonds is 5. The number of aromatic nitrogens is 3. The molecule has 2 aromatic carbocycles. The number of amides is 1. The number of methoxy groups -OCH3 is 1. The summed E-state index contributed by atoms with van der Waals surface area (Å²) in [6.07, 6.45) is 5.69. The monoisotopic (exact) mass is 413 g/mol. The molecule has 0 saturated heterocycles. The molecule has 1 aromatic heterocycles.